The smallest absolute Gasteiger partial charge is 0.264 e. The van der Waals surface area contributed by atoms with Crippen molar-refractivity contribution in [3.8, 4) is 0 Å². The summed E-state index contributed by atoms with van der Waals surface area (Å²) in [6.07, 6.45) is 2.09. The summed E-state index contributed by atoms with van der Waals surface area (Å²) >= 11 is 0. The summed E-state index contributed by atoms with van der Waals surface area (Å²) in [5.41, 5.74) is 1.15. The molecular formula is C10H8NO2+. The SMILES string of the molecule is O=Cc1cc2ccccc2[n+](O)c1. The van der Waals surface area contributed by atoms with Crippen molar-refractivity contribution >= 4 is 17.2 Å². The third kappa shape index (κ3) is 1.24. The van der Waals surface area contributed by atoms with Crippen LogP contribution in [0.25, 0.3) is 10.9 Å². The molecule has 1 aromatic carbocycles. The maximum absolute atomic E-state index is 10.5. The van der Waals surface area contributed by atoms with Gasteiger partial charge in [0.2, 0.25) is 6.20 Å². The van der Waals surface area contributed by atoms with Crippen molar-refractivity contribution in [3.05, 3.63) is 42.1 Å². The molecule has 0 aliphatic rings. The molecule has 0 bridgehead atoms. The highest BCUT2D eigenvalue weighted by molar-refractivity contribution is 5.83. The van der Waals surface area contributed by atoms with Crippen LogP contribution in [0.5, 0.6) is 0 Å². The van der Waals surface area contributed by atoms with Crippen LogP contribution >= 0.6 is 0 Å². The Labute approximate surface area is 74.8 Å². The van der Waals surface area contributed by atoms with E-state index in [-0.39, 0.29) is 0 Å². The van der Waals surface area contributed by atoms with Gasteiger partial charge in [0, 0.05) is 10.8 Å². The van der Waals surface area contributed by atoms with Gasteiger partial charge in [-0.25, -0.2) is 0 Å². The summed E-state index contributed by atoms with van der Waals surface area (Å²) in [6, 6.07) is 9.04. The zero-order valence-electron chi connectivity index (χ0n) is 6.84. The van der Waals surface area contributed by atoms with Gasteiger partial charge >= 0.3 is 0 Å². The van der Waals surface area contributed by atoms with Crippen molar-refractivity contribution in [2.45, 2.75) is 0 Å². The lowest BCUT2D eigenvalue weighted by Crippen LogP contribution is -2.30. The molecule has 0 aliphatic carbocycles. The molecule has 0 radical (unpaired) electrons. The van der Waals surface area contributed by atoms with Crippen molar-refractivity contribution in [1.29, 1.82) is 0 Å². The molecule has 1 heterocycles. The third-order valence-corrected chi connectivity index (χ3v) is 1.91. The summed E-state index contributed by atoms with van der Waals surface area (Å²) in [6.45, 7) is 0. The van der Waals surface area contributed by atoms with E-state index in [1.807, 2.05) is 18.2 Å². The van der Waals surface area contributed by atoms with Gasteiger partial charge in [-0.15, -0.1) is 0 Å². The number of nitrogens with zero attached hydrogens (tertiary/aromatic N) is 1. The van der Waals surface area contributed by atoms with Crippen LogP contribution in [0, 0.1) is 0 Å². The van der Waals surface area contributed by atoms with Gasteiger partial charge in [0.15, 0.2) is 6.29 Å². The van der Waals surface area contributed by atoms with E-state index < -0.39 is 0 Å². The Balaban J connectivity index is 2.84. The molecule has 1 aromatic heterocycles. The van der Waals surface area contributed by atoms with Crippen LogP contribution in [0.1, 0.15) is 10.4 Å². The van der Waals surface area contributed by atoms with Crippen molar-refractivity contribution in [2.24, 2.45) is 0 Å². The molecule has 2 rings (SSSR count). The monoisotopic (exact) mass is 174 g/mol. The molecule has 64 valence electrons. The number of aldehydes is 1. The fraction of sp³-hybridized carbons (Fsp3) is 0. The van der Waals surface area contributed by atoms with E-state index in [9.17, 15) is 10.0 Å². The first-order valence-corrected chi connectivity index (χ1v) is 3.90. The summed E-state index contributed by atoms with van der Waals surface area (Å²) in [5, 5.41) is 10.3. The Hall–Kier alpha value is -1.90. The van der Waals surface area contributed by atoms with E-state index in [1.54, 1.807) is 12.1 Å². The molecule has 0 atom stereocenters. The minimum absolute atomic E-state index is 0.459. The Bertz CT molecular complexity index is 465. The van der Waals surface area contributed by atoms with Crippen LogP contribution in [-0.4, -0.2) is 11.5 Å². The Kier molecular flexibility index (Phi) is 1.70. The average molecular weight is 174 g/mol. The van der Waals surface area contributed by atoms with E-state index in [4.69, 9.17) is 0 Å². The van der Waals surface area contributed by atoms with Gasteiger partial charge in [-0.2, -0.15) is 0 Å². The second-order valence-electron chi connectivity index (χ2n) is 2.79. The van der Waals surface area contributed by atoms with Gasteiger partial charge in [0.1, 0.15) is 0 Å². The molecule has 0 amide bonds. The largest absolute Gasteiger partial charge is 0.298 e. The zero-order valence-corrected chi connectivity index (χ0v) is 6.84. The lowest BCUT2D eigenvalue weighted by molar-refractivity contribution is -0.884. The Morgan fingerprint density at radius 2 is 2.08 bits per heavy atom. The van der Waals surface area contributed by atoms with E-state index in [0.717, 1.165) is 10.1 Å². The quantitative estimate of drug-likeness (QED) is 0.400. The van der Waals surface area contributed by atoms with E-state index >= 15 is 0 Å². The Morgan fingerprint density at radius 1 is 1.31 bits per heavy atom. The second kappa shape index (κ2) is 2.86. The van der Waals surface area contributed by atoms with Crippen LogP contribution in [0.4, 0.5) is 0 Å². The molecular weight excluding hydrogens is 166 g/mol. The topological polar surface area (TPSA) is 41.2 Å². The minimum Gasteiger partial charge on any atom is -0.298 e. The number of aromatic nitrogens is 1. The number of fused-ring (bicyclic) bond motifs is 1. The van der Waals surface area contributed by atoms with E-state index in [0.29, 0.717) is 17.4 Å². The van der Waals surface area contributed by atoms with Crippen molar-refractivity contribution in [3.63, 3.8) is 0 Å². The molecule has 2 aromatic rings. The standard InChI is InChI=1S/C10H8NO2/c12-7-8-5-9-3-1-2-4-10(9)11(13)6-8/h1-7,13H/q+1. The number of hydrogen-bond donors (Lipinski definition) is 1. The number of para-hydroxylation sites is 1. The maximum atomic E-state index is 10.5. The number of rotatable bonds is 1. The molecule has 0 unspecified atom stereocenters. The molecule has 0 saturated carbocycles. The number of carbonyl (C=O) groups excluding carboxylic acids is 1. The fourth-order valence-electron chi connectivity index (χ4n) is 1.31. The molecule has 13 heavy (non-hydrogen) atoms. The van der Waals surface area contributed by atoms with Crippen LogP contribution in [0.3, 0.4) is 0 Å². The van der Waals surface area contributed by atoms with Gasteiger partial charge in [-0.3, -0.25) is 10.0 Å². The van der Waals surface area contributed by atoms with Gasteiger partial charge in [0.25, 0.3) is 5.52 Å². The first kappa shape index (κ1) is 7.73. The van der Waals surface area contributed by atoms with Crippen molar-refractivity contribution < 1.29 is 14.7 Å². The number of carbonyl (C=O) groups is 1. The van der Waals surface area contributed by atoms with Crippen LogP contribution in [0.15, 0.2) is 36.5 Å². The highest BCUT2D eigenvalue weighted by atomic mass is 16.5. The average Bonchev–Trinajstić information content (AvgIpc) is 2.18. The second-order valence-corrected chi connectivity index (χ2v) is 2.79. The number of pyridine rings is 1. The van der Waals surface area contributed by atoms with E-state index in [1.165, 1.54) is 6.20 Å². The first-order chi connectivity index (χ1) is 6.31. The first-order valence-electron chi connectivity index (χ1n) is 3.90. The number of benzene rings is 1. The predicted molar refractivity (Wildman–Crippen MR) is 46.7 cm³/mol. The molecule has 0 saturated heterocycles. The summed E-state index contributed by atoms with van der Waals surface area (Å²) in [5.74, 6) is 0. The highest BCUT2D eigenvalue weighted by Gasteiger charge is 2.08. The summed E-state index contributed by atoms with van der Waals surface area (Å²) in [4.78, 5) is 10.5. The Morgan fingerprint density at radius 3 is 2.85 bits per heavy atom. The molecule has 0 aliphatic heterocycles. The molecule has 3 nitrogen and oxygen atoms in total. The molecule has 0 spiro atoms. The zero-order chi connectivity index (χ0) is 9.26. The molecule has 1 N–H and O–H groups in total. The van der Waals surface area contributed by atoms with Gasteiger partial charge < -0.3 is 0 Å². The lowest BCUT2D eigenvalue weighted by atomic mass is 10.2. The highest BCUT2D eigenvalue weighted by Crippen LogP contribution is 2.09. The van der Waals surface area contributed by atoms with Gasteiger partial charge in [-0.1, -0.05) is 12.1 Å². The maximum Gasteiger partial charge on any atom is 0.264 e. The van der Waals surface area contributed by atoms with E-state index in [2.05, 4.69) is 0 Å². The van der Waals surface area contributed by atoms with Crippen LogP contribution < -0.4 is 4.73 Å². The predicted octanol–water partition coefficient (Wildman–Crippen LogP) is 1.18. The van der Waals surface area contributed by atoms with Crippen molar-refractivity contribution in [2.75, 3.05) is 0 Å². The van der Waals surface area contributed by atoms with Crippen LogP contribution in [-0.2, 0) is 0 Å². The molecule has 3 heteroatoms. The van der Waals surface area contributed by atoms with Gasteiger partial charge in [-0.05, 0) is 12.1 Å². The normalized spacial score (nSPS) is 10.2. The van der Waals surface area contributed by atoms with Crippen LogP contribution in [0.2, 0.25) is 0 Å². The summed E-state index contributed by atoms with van der Waals surface area (Å²) in [7, 11) is 0. The van der Waals surface area contributed by atoms with Crippen molar-refractivity contribution in [1.82, 2.24) is 0 Å². The lowest BCUT2D eigenvalue weighted by Gasteiger charge is -1.93. The number of hydrogen-bond acceptors (Lipinski definition) is 2. The summed E-state index contributed by atoms with van der Waals surface area (Å²) < 4.78 is 0.957. The molecule has 0 fully saturated rings. The third-order valence-electron chi connectivity index (χ3n) is 1.91. The fourth-order valence-corrected chi connectivity index (χ4v) is 1.31. The minimum atomic E-state index is 0.459. The van der Waals surface area contributed by atoms with Gasteiger partial charge in [0.05, 0.1) is 10.9 Å².